The highest BCUT2D eigenvalue weighted by Crippen LogP contribution is 2.18. The third-order valence-corrected chi connectivity index (χ3v) is 13.1. The minimum atomic E-state index is -0.761. The Bertz CT molecular complexity index is 949. The summed E-state index contributed by atoms with van der Waals surface area (Å²) in [6, 6.07) is 0. The van der Waals surface area contributed by atoms with Gasteiger partial charge in [-0.25, -0.2) is 0 Å². The van der Waals surface area contributed by atoms with Gasteiger partial charge in [0.15, 0.2) is 6.10 Å². The lowest BCUT2D eigenvalue weighted by atomic mass is 9.99. The van der Waals surface area contributed by atoms with Crippen LogP contribution in [-0.4, -0.2) is 37.2 Å². The van der Waals surface area contributed by atoms with E-state index in [0.29, 0.717) is 19.3 Å². The van der Waals surface area contributed by atoms with E-state index in [1.54, 1.807) is 0 Å². The molecule has 0 amide bonds. The van der Waals surface area contributed by atoms with Gasteiger partial charge in [0.2, 0.25) is 0 Å². The van der Waals surface area contributed by atoms with Gasteiger partial charge in [-0.15, -0.1) is 0 Å². The summed E-state index contributed by atoms with van der Waals surface area (Å²) < 4.78 is 16.8. The Kier molecular flexibility index (Phi) is 47.6. The quantitative estimate of drug-likeness (QED) is 0.0344. The Morgan fingerprint density at radius 2 is 0.613 bits per heavy atom. The summed E-state index contributed by atoms with van der Waals surface area (Å²) in [5, 5.41) is 0. The number of hydrogen-bond donors (Lipinski definition) is 0. The van der Waals surface area contributed by atoms with Gasteiger partial charge in [0.25, 0.3) is 0 Å². The van der Waals surface area contributed by atoms with E-state index in [4.69, 9.17) is 14.2 Å². The summed E-state index contributed by atoms with van der Waals surface area (Å²) in [4.78, 5) is 37.9. The highest BCUT2D eigenvalue weighted by Gasteiger charge is 2.19. The van der Waals surface area contributed by atoms with Crippen LogP contribution in [0.25, 0.3) is 0 Å². The van der Waals surface area contributed by atoms with E-state index in [1.165, 1.54) is 199 Å². The molecular formula is C56H108O6. The average Bonchev–Trinajstić information content (AvgIpc) is 3.26. The summed E-state index contributed by atoms with van der Waals surface area (Å²) in [6.45, 7) is 11.4. The van der Waals surface area contributed by atoms with Crippen LogP contribution in [-0.2, 0) is 28.6 Å². The highest BCUT2D eigenvalue weighted by molar-refractivity contribution is 5.71. The maximum Gasteiger partial charge on any atom is 0.306 e. The summed E-state index contributed by atoms with van der Waals surface area (Å²) >= 11 is 0. The fraction of sp³-hybridized carbons (Fsp3) is 0.946. The molecule has 1 unspecified atom stereocenters. The lowest BCUT2D eigenvalue weighted by Gasteiger charge is -2.18. The maximum absolute atomic E-state index is 12.7. The SMILES string of the molecule is CCCCCCCCCCCC(=O)O[C@@H](COC(=O)CCCCCCCCCCCCCCCCCCCCC(C)C)COC(=O)CCCCCCCCCCCCC(C)CC. The molecule has 0 spiro atoms. The van der Waals surface area contributed by atoms with E-state index < -0.39 is 6.10 Å². The molecule has 0 aromatic carbocycles. The Labute approximate surface area is 387 Å². The predicted octanol–water partition coefficient (Wildman–Crippen LogP) is 18.1. The summed E-state index contributed by atoms with van der Waals surface area (Å²) in [5.41, 5.74) is 0. The second kappa shape index (κ2) is 48.9. The van der Waals surface area contributed by atoms with Gasteiger partial charge in [0.1, 0.15) is 13.2 Å². The zero-order valence-corrected chi connectivity index (χ0v) is 42.5. The number of ether oxygens (including phenoxy) is 3. The third-order valence-electron chi connectivity index (χ3n) is 13.1. The van der Waals surface area contributed by atoms with E-state index in [1.807, 2.05) is 0 Å². The molecule has 0 bridgehead atoms. The van der Waals surface area contributed by atoms with Gasteiger partial charge in [-0.3, -0.25) is 14.4 Å². The average molecular weight is 877 g/mol. The molecular weight excluding hydrogens is 769 g/mol. The van der Waals surface area contributed by atoms with Crippen LogP contribution in [0.3, 0.4) is 0 Å². The van der Waals surface area contributed by atoms with Crippen LogP contribution < -0.4 is 0 Å². The Balaban J connectivity index is 4.17. The number of unbranched alkanes of at least 4 members (excludes halogenated alkanes) is 34. The molecule has 0 heterocycles. The molecule has 0 aromatic rings. The Morgan fingerprint density at radius 3 is 0.919 bits per heavy atom. The van der Waals surface area contributed by atoms with Gasteiger partial charge in [0.05, 0.1) is 0 Å². The first-order chi connectivity index (χ1) is 30.3. The molecule has 6 heteroatoms. The molecule has 368 valence electrons. The fourth-order valence-electron chi connectivity index (χ4n) is 8.49. The fourth-order valence-corrected chi connectivity index (χ4v) is 8.49. The minimum absolute atomic E-state index is 0.0633. The number of hydrogen-bond acceptors (Lipinski definition) is 6. The van der Waals surface area contributed by atoms with Crippen molar-refractivity contribution in [1.82, 2.24) is 0 Å². The van der Waals surface area contributed by atoms with Gasteiger partial charge in [-0.05, 0) is 31.1 Å². The van der Waals surface area contributed by atoms with E-state index in [9.17, 15) is 14.4 Å². The lowest BCUT2D eigenvalue weighted by molar-refractivity contribution is -0.167. The summed E-state index contributed by atoms with van der Waals surface area (Å²) in [7, 11) is 0. The number of carbonyl (C=O) groups is 3. The van der Waals surface area contributed by atoms with Crippen LogP contribution in [0.1, 0.15) is 311 Å². The molecule has 0 saturated carbocycles. The monoisotopic (exact) mass is 877 g/mol. The van der Waals surface area contributed by atoms with Gasteiger partial charge < -0.3 is 14.2 Å². The van der Waals surface area contributed by atoms with Crippen molar-refractivity contribution in [3.05, 3.63) is 0 Å². The second-order valence-corrected chi connectivity index (χ2v) is 19.9. The largest absolute Gasteiger partial charge is 0.462 e. The summed E-state index contributed by atoms with van der Waals surface area (Å²) in [5.74, 6) is 0.882. The van der Waals surface area contributed by atoms with Gasteiger partial charge in [-0.2, -0.15) is 0 Å². The topological polar surface area (TPSA) is 78.9 Å². The molecule has 0 N–H and O–H groups in total. The van der Waals surface area contributed by atoms with Gasteiger partial charge >= 0.3 is 17.9 Å². The minimum Gasteiger partial charge on any atom is -0.462 e. The van der Waals surface area contributed by atoms with Crippen LogP contribution in [0.5, 0.6) is 0 Å². The molecule has 0 fully saturated rings. The van der Waals surface area contributed by atoms with E-state index in [-0.39, 0.29) is 31.1 Å². The van der Waals surface area contributed by atoms with Gasteiger partial charge in [-0.1, -0.05) is 272 Å². The first-order valence-electron chi connectivity index (χ1n) is 27.8. The van der Waals surface area contributed by atoms with Crippen molar-refractivity contribution in [2.24, 2.45) is 11.8 Å². The maximum atomic E-state index is 12.7. The number of carbonyl (C=O) groups excluding carboxylic acids is 3. The molecule has 62 heavy (non-hydrogen) atoms. The third kappa shape index (κ3) is 47.9. The van der Waals surface area contributed by atoms with Crippen molar-refractivity contribution in [3.63, 3.8) is 0 Å². The van der Waals surface area contributed by atoms with Crippen molar-refractivity contribution in [2.45, 2.75) is 317 Å². The van der Waals surface area contributed by atoms with Crippen LogP contribution in [0.4, 0.5) is 0 Å². The normalized spacial score (nSPS) is 12.5. The van der Waals surface area contributed by atoms with Crippen molar-refractivity contribution in [3.8, 4) is 0 Å². The van der Waals surface area contributed by atoms with Crippen LogP contribution >= 0.6 is 0 Å². The molecule has 0 saturated heterocycles. The Morgan fingerprint density at radius 1 is 0.339 bits per heavy atom. The number of esters is 3. The van der Waals surface area contributed by atoms with Crippen molar-refractivity contribution in [2.75, 3.05) is 13.2 Å². The Hall–Kier alpha value is -1.59. The molecule has 0 radical (unpaired) electrons. The summed E-state index contributed by atoms with van der Waals surface area (Å²) in [6.07, 6.45) is 50.9. The molecule has 0 aliphatic rings. The molecule has 2 atom stereocenters. The molecule has 0 aliphatic heterocycles. The van der Waals surface area contributed by atoms with Gasteiger partial charge in [0, 0.05) is 19.3 Å². The van der Waals surface area contributed by atoms with Crippen molar-refractivity contribution in [1.29, 1.82) is 0 Å². The smallest absolute Gasteiger partial charge is 0.306 e. The van der Waals surface area contributed by atoms with Crippen LogP contribution in [0.2, 0.25) is 0 Å². The van der Waals surface area contributed by atoms with E-state index in [0.717, 1.165) is 69.6 Å². The van der Waals surface area contributed by atoms with Crippen molar-refractivity contribution < 1.29 is 28.6 Å². The molecule has 0 aromatic heterocycles. The first-order valence-corrected chi connectivity index (χ1v) is 27.8. The predicted molar refractivity (Wildman–Crippen MR) is 266 cm³/mol. The van der Waals surface area contributed by atoms with Crippen LogP contribution in [0.15, 0.2) is 0 Å². The second-order valence-electron chi connectivity index (χ2n) is 19.9. The van der Waals surface area contributed by atoms with E-state index >= 15 is 0 Å². The molecule has 6 nitrogen and oxygen atoms in total. The van der Waals surface area contributed by atoms with Crippen molar-refractivity contribution >= 4 is 17.9 Å². The highest BCUT2D eigenvalue weighted by atomic mass is 16.6. The standard InChI is InChI=1S/C56H108O6/c1-6-8-9-10-11-24-33-38-43-48-56(59)62-53(50-61-55(58)47-42-37-32-28-23-22-26-30-35-40-45-52(5)7-2)49-60-54(57)46-41-36-31-27-21-19-17-15-13-12-14-16-18-20-25-29-34-39-44-51(3)4/h51-53H,6-50H2,1-5H3/t52?,53-/m0/s1. The lowest BCUT2D eigenvalue weighted by Crippen LogP contribution is -2.30. The molecule has 0 rings (SSSR count). The zero-order valence-electron chi connectivity index (χ0n) is 42.5. The first kappa shape index (κ1) is 60.4. The molecule has 0 aliphatic carbocycles. The van der Waals surface area contributed by atoms with Crippen LogP contribution in [0, 0.1) is 11.8 Å². The van der Waals surface area contributed by atoms with E-state index in [2.05, 4.69) is 34.6 Å². The number of rotatable bonds is 50. The zero-order chi connectivity index (χ0) is 45.4.